The lowest BCUT2D eigenvalue weighted by Gasteiger charge is -2.39. The number of aliphatic imine (C=N–C) groups is 1. The summed E-state index contributed by atoms with van der Waals surface area (Å²) in [6.45, 7) is 5.89. The molecule has 2 heterocycles. The fraction of sp³-hybridized carbons (Fsp3) is 0.457. The van der Waals surface area contributed by atoms with Gasteiger partial charge in [0.05, 0.1) is 39.0 Å². The molecule has 4 N–H and O–H groups in total. The Hall–Kier alpha value is -4.09. The number of nitrogen functional groups attached to an aromatic ring is 1. The maximum Gasteiger partial charge on any atom is 0.407 e. The Kier molecular flexibility index (Phi) is 11.0. The number of amides is 3. The van der Waals surface area contributed by atoms with Crippen LogP contribution in [0, 0.1) is 0 Å². The van der Waals surface area contributed by atoms with Gasteiger partial charge in [-0.15, -0.1) is 0 Å². The molecule has 3 amide bonds. The first-order valence-corrected chi connectivity index (χ1v) is 16.9. The summed E-state index contributed by atoms with van der Waals surface area (Å²) in [5, 5.41) is 7.05. The van der Waals surface area contributed by atoms with Gasteiger partial charge >= 0.3 is 12.1 Å². The highest BCUT2D eigenvalue weighted by Crippen LogP contribution is 2.47. The summed E-state index contributed by atoms with van der Waals surface area (Å²) in [4.78, 5) is 35.5. The van der Waals surface area contributed by atoms with Gasteiger partial charge in [-0.05, 0) is 70.2 Å². The van der Waals surface area contributed by atoms with Gasteiger partial charge in [-0.25, -0.2) is 14.6 Å². The van der Waals surface area contributed by atoms with Crippen LogP contribution in [0.3, 0.4) is 0 Å². The normalized spacial score (nSPS) is 23.2. The Morgan fingerprint density at radius 1 is 1.02 bits per heavy atom. The lowest BCUT2D eigenvalue weighted by atomic mass is 9.90. The zero-order chi connectivity index (χ0) is 34.6. The molecule has 1 aliphatic carbocycles. The molecule has 2 aromatic rings. The van der Waals surface area contributed by atoms with Crippen LogP contribution in [-0.4, -0.2) is 61.3 Å². The van der Waals surface area contributed by atoms with Crippen molar-refractivity contribution in [2.75, 3.05) is 31.4 Å². The third kappa shape index (κ3) is 8.13. The number of alkyl carbamates (subject to hydrolysis) is 1. The topological polar surface area (TPSA) is 131 Å². The average Bonchev–Trinajstić information content (AvgIpc) is 3.01. The van der Waals surface area contributed by atoms with Crippen molar-refractivity contribution in [1.82, 2.24) is 15.5 Å². The molecule has 0 bridgehead atoms. The van der Waals surface area contributed by atoms with Crippen LogP contribution < -0.4 is 30.7 Å². The number of carbonyl (C=O) groups is 2. The van der Waals surface area contributed by atoms with E-state index < -0.39 is 11.7 Å². The maximum atomic E-state index is 14.6. The minimum Gasteiger partial charge on any atom is -0.495 e. The zero-order valence-corrected chi connectivity index (χ0v) is 29.6. The van der Waals surface area contributed by atoms with Crippen molar-refractivity contribution in [3.63, 3.8) is 0 Å². The third-order valence-electron chi connectivity index (χ3n) is 8.37. The number of nitrogens with two attached hydrogens (primary N) is 1. The first-order chi connectivity index (χ1) is 22.9. The number of carbonyl (C=O) groups excluding carboxylic acids is 2. The number of rotatable bonds is 8. The van der Waals surface area contributed by atoms with Crippen LogP contribution in [0.4, 0.5) is 21.0 Å². The van der Waals surface area contributed by atoms with E-state index >= 15 is 0 Å². The molecule has 13 heteroatoms. The van der Waals surface area contributed by atoms with Crippen molar-refractivity contribution in [3.8, 4) is 11.5 Å². The number of hydrogen-bond donors (Lipinski definition) is 3. The highest BCUT2D eigenvalue weighted by molar-refractivity contribution is 6.42. The molecule has 2 aromatic carbocycles. The fourth-order valence-corrected chi connectivity index (χ4v) is 6.87. The largest absolute Gasteiger partial charge is 0.495 e. The van der Waals surface area contributed by atoms with Crippen LogP contribution in [0.5, 0.6) is 11.5 Å². The molecule has 1 saturated heterocycles. The van der Waals surface area contributed by atoms with E-state index in [0.29, 0.717) is 35.3 Å². The van der Waals surface area contributed by atoms with Gasteiger partial charge < -0.3 is 30.6 Å². The van der Waals surface area contributed by atoms with E-state index in [-0.39, 0.29) is 46.9 Å². The van der Waals surface area contributed by atoms with Crippen LogP contribution in [0.1, 0.15) is 64.9 Å². The van der Waals surface area contributed by atoms with Gasteiger partial charge in [-0.1, -0.05) is 54.3 Å². The molecular formula is C35H44Cl2N6O5. The predicted molar refractivity (Wildman–Crippen MR) is 190 cm³/mol. The number of benzene rings is 2. The molecule has 2 aliphatic heterocycles. The number of anilines is 2. The highest BCUT2D eigenvalue weighted by Gasteiger charge is 2.39. The lowest BCUT2D eigenvalue weighted by Crippen LogP contribution is -2.54. The molecule has 0 radical (unpaired) electrons. The van der Waals surface area contributed by atoms with Crippen LogP contribution in [0.2, 0.25) is 10.0 Å². The maximum absolute atomic E-state index is 14.6. The number of fused-ring (bicyclic) bond motifs is 1. The van der Waals surface area contributed by atoms with E-state index in [4.69, 9.17) is 48.1 Å². The number of halogens is 2. The monoisotopic (exact) mass is 698 g/mol. The van der Waals surface area contributed by atoms with Gasteiger partial charge in [0.2, 0.25) is 0 Å². The van der Waals surface area contributed by atoms with E-state index in [1.807, 2.05) is 45.0 Å². The van der Waals surface area contributed by atoms with Crippen molar-refractivity contribution >= 4 is 52.5 Å². The molecule has 48 heavy (non-hydrogen) atoms. The third-order valence-corrected chi connectivity index (χ3v) is 9.10. The lowest BCUT2D eigenvalue weighted by molar-refractivity contribution is 0.0481. The van der Waals surface area contributed by atoms with Gasteiger partial charge in [0, 0.05) is 23.4 Å². The Balaban J connectivity index is 1.52. The van der Waals surface area contributed by atoms with E-state index in [2.05, 4.69) is 16.7 Å². The summed E-state index contributed by atoms with van der Waals surface area (Å²) >= 11 is 13.6. The summed E-state index contributed by atoms with van der Waals surface area (Å²) in [7, 11) is 2.98. The Morgan fingerprint density at radius 3 is 2.33 bits per heavy atom. The second kappa shape index (κ2) is 15.0. The summed E-state index contributed by atoms with van der Waals surface area (Å²) in [5.74, 6) is 1.79. The number of hydrogen-bond acceptors (Lipinski definition) is 8. The quantitative estimate of drug-likeness (QED) is 0.245. The van der Waals surface area contributed by atoms with Gasteiger partial charge in [0.1, 0.15) is 38.8 Å². The summed E-state index contributed by atoms with van der Waals surface area (Å²) in [5.41, 5.74) is 8.04. The summed E-state index contributed by atoms with van der Waals surface area (Å²) < 4.78 is 16.6. The van der Waals surface area contributed by atoms with Crippen molar-refractivity contribution in [2.45, 2.75) is 83.5 Å². The van der Waals surface area contributed by atoms with Crippen molar-refractivity contribution < 1.29 is 23.8 Å². The highest BCUT2D eigenvalue weighted by atomic mass is 35.5. The Labute approximate surface area is 292 Å². The Morgan fingerprint density at radius 2 is 1.69 bits per heavy atom. The van der Waals surface area contributed by atoms with E-state index in [9.17, 15) is 9.59 Å². The molecular weight excluding hydrogens is 655 g/mol. The van der Waals surface area contributed by atoms with Crippen molar-refractivity contribution in [2.24, 2.45) is 4.99 Å². The number of amidine groups is 1. The number of methoxy groups -OCH3 is 2. The molecule has 11 nitrogen and oxygen atoms in total. The second-order valence-electron chi connectivity index (χ2n) is 13.1. The number of allylic oxidation sites excluding steroid dienone is 2. The first-order valence-electron chi connectivity index (χ1n) is 16.2. The summed E-state index contributed by atoms with van der Waals surface area (Å²) in [6.07, 6.45) is 8.78. The first kappa shape index (κ1) is 35.2. The molecule has 2 fully saturated rings. The molecule has 2 unspecified atom stereocenters. The predicted octanol–water partition coefficient (Wildman–Crippen LogP) is 7.42. The van der Waals surface area contributed by atoms with Gasteiger partial charge in [0.15, 0.2) is 0 Å². The van der Waals surface area contributed by atoms with E-state index in [0.717, 1.165) is 43.2 Å². The molecule has 5 rings (SSSR count). The Bertz CT molecular complexity index is 1610. The molecule has 258 valence electrons. The molecule has 3 aliphatic rings. The SMILES string of the molecule is COc1cc(OC)c(Cl)c(N2CC3=C/CC/C=C(NC4CCCCC4NC(=O)OC(C)(C)C)/N=C\3N(Cc3cccc(N)c3)C2=O)c1Cl. The van der Waals surface area contributed by atoms with Crippen molar-refractivity contribution in [3.05, 3.63) is 69.5 Å². The van der Waals surface area contributed by atoms with E-state index in [1.54, 1.807) is 17.0 Å². The standard InChI is InChI=1S/C35H44Cl2N6O5/c1-35(2,3)48-33(44)40-25-15-8-7-14-24(25)39-28-16-9-6-12-22-20-42(31-29(36)26(46-4)18-27(47-5)30(31)37)34(45)43(32(22)41-28)19-21-11-10-13-23(38)17-21/h10-13,16-18,24-25,39H,6-9,14-15,19-20,38H2,1-5H3,(H,40,44)/b22-12-,28-16+,41-32+. The van der Waals surface area contributed by atoms with Crippen molar-refractivity contribution in [1.29, 1.82) is 0 Å². The van der Waals surface area contributed by atoms with Crippen LogP contribution in [0.25, 0.3) is 0 Å². The summed E-state index contributed by atoms with van der Waals surface area (Å²) in [6, 6.07) is 8.38. The second-order valence-corrected chi connectivity index (χ2v) is 13.8. The number of nitrogens with zero attached hydrogens (tertiary/aromatic N) is 3. The average molecular weight is 700 g/mol. The number of urea groups is 1. The van der Waals surface area contributed by atoms with Crippen LogP contribution in [0.15, 0.2) is 58.9 Å². The van der Waals surface area contributed by atoms with Crippen LogP contribution >= 0.6 is 23.2 Å². The van der Waals surface area contributed by atoms with E-state index in [1.165, 1.54) is 19.1 Å². The minimum absolute atomic E-state index is 0.0752. The minimum atomic E-state index is -0.600. The van der Waals surface area contributed by atoms with Gasteiger partial charge in [0.25, 0.3) is 0 Å². The van der Waals surface area contributed by atoms with Gasteiger partial charge in [-0.3, -0.25) is 9.80 Å². The fourth-order valence-electron chi connectivity index (χ4n) is 6.16. The number of nitrogens with one attached hydrogen (secondary N) is 2. The zero-order valence-electron chi connectivity index (χ0n) is 28.1. The smallest absolute Gasteiger partial charge is 0.407 e. The molecule has 2 atom stereocenters. The molecule has 0 aromatic heterocycles. The molecule has 1 saturated carbocycles. The molecule has 0 spiro atoms. The van der Waals surface area contributed by atoms with Gasteiger partial charge in [-0.2, -0.15) is 0 Å². The number of ether oxygens (including phenoxy) is 3. The van der Waals surface area contributed by atoms with Crippen LogP contribution in [-0.2, 0) is 11.3 Å².